The molecular weight excluding hydrogens is 342 g/mol. The zero-order valence-corrected chi connectivity index (χ0v) is 15.3. The maximum absolute atomic E-state index is 12.4. The Balaban J connectivity index is 1.72. The van der Waals surface area contributed by atoms with Crippen molar-refractivity contribution in [2.75, 3.05) is 0 Å². The average Bonchev–Trinajstić information content (AvgIpc) is 2.53. The normalized spacial score (nSPS) is 15.8. The fraction of sp³-hybridized carbons (Fsp3) is 0.368. The van der Waals surface area contributed by atoms with E-state index in [2.05, 4.69) is 16.9 Å². The zero-order chi connectivity index (χ0) is 17.2. The van der Waals surface area contributed by atoms with E-state index in [1.165, 1.54) is 24.0 Å². The summed E-state index contributed by atoms with van der Waals surface area (Å²) in [5, 5.41) is 0.547. The molecule has 1 unspecified atom stereocenters. The minimum absolute atomic E-state index is 0.0666. The van der Waals surface area contributed by atoms with Crippen LogP contribution in [0.2, 0.25) is 5.02 Å². The van der Waals surface area contributed by atoms with Crippen molar-refractivity contribution >= 4 is 21.6 Å². The molecule has 0 saturated carbocycles. The molecule has 5 heteroatoms. The largest absolute Gasteiger partial charge is 0.216 e. The maximum atomic E-state index is 12.4. The van der Waals surface area contributed by atoms with Crippen molar-refractivity contribution in [3.63, 3.8) is 0 Å². The Labute approximate surface area is 149 Å². The Morgan fingerprint density at radius 3 is 2.58 bits per heavy atom. The van der Waals surface area contributed by atoms with Crippen LogP contribution in [-0.2, 0) is 28.6 Å². The van der Waals surface area contributed by atoms with Gasteiger partial charge < -0.3 is 0 Å². The number of fused-ring (bicyclic) bond motifs is 1. The van der Waals surface area contributed by atoms with E-state index in [9.17, 15) is 8.42 Å². The number of hydrogen-bond donors (Lipinski definition) is 1. The molecule has 0 spiro atoms. The van der Waals surface area contributed by atoms with Crippen LogP contribution in [0, 0.1) is 0 Å². The Hall–Kier alpha value is -1.36. The second-order valence-corrected chi connectivity index (χ2v) is 8.65. The smallest absolute Gasteiger partial charge is 0.212 e. The molecule has 0 aromatic heterocycles. The van der Waals surface area contributed by atoms with Crippen LogP contribution < -0.4 is 4.72 Å². The lowest BCUT2D eigenvalue weighted by Gasteiger charge is -2.20. The lowest BCUT2D eigenvalue weighted by atomic mass is 9.89. The zero-order valence-electron chi connectivity index (χ0n) is 13.8. The summed E-state index contributed by atoms with van der Waals surface area (Å²) >= 11 is 5.93. The van der Waals surface area contributed by atoms with Crippen LogP contribution in [0.15, 0.2) is 42.5 Å². The molecule has 128 valence electrons. The molecule has 24 heavy (non-hydrogen) atoms. The van der Waals surface area contributed by atoms with Gasteiger partial charge in [0.15, 0.2) is 0 Å². The van der Waals surface area contributed by atoms with E-state index in [0.29, 0.717) is 10.6 Å². The number of halogens is 1. The molecule has 1 aliphatic carbocycles. The third-order valence-corrected chi connectivity index (χ3v) is 6.14. The molecule has 0 fully saturated rings. The van der Waals surface area contributed by atoms with Gasteiger partial charge >= 0.3 is 0 Å². The van der Waals surface area contributed by atoms with E-state index >= 15 is 0 Å². The molecule has 1 atom stereocenters. The monoisotopic (exact) mass is 363 g/mol. The second kappa shape index (κ2) is 7.26. The first-order chi connectivity index (χ1) is 11.4. The first-order valence-corrected chi connectivity index (χ1v) is 10.3. The lowest BCUT2D eigenvalue weighted by molar-refractivity contribution is 0.565. The van der Waals surface area contributed by atoms with Gasteiger partial charge in [-0.1, -0.05) is 41.9 Å². The second-order valence-electron chi connectivity index (χ2n) is 6.46. The highest BCUT2D eigenvalue weighted by molar-refractivity contribution is 7.88. The van der Waals surface area contributed by atoms with Gasteiger partial charge in [-0.15, -0.1) is 0 Å². The molecule has 0 radical (unpaired) electrons. The standard InChI is InChI=1S/C19H22ClNO2S/c1-14(17-10-9-16-6-2-3-7-18(16)12-17)21-24(22,23)13-15-5-4-8-19(20)11-15/h4-5,8-12,14,21H,2-3,6-7,13H2,1H3. The van der Waals surface area contributed by atoms with E-state index < -0.39 is 10.0 Å². The van der Waals surface area contributed by atoms with Crippen LogP contribution in [-0.4, -0.2) is 8.42 Å². The first kappa shape index (κ1) is 17.5. The third kappa shape index (κ3) is 4.38. The summed E-state index contributed by atoms with van der Waals surface area (Å²) in [6, 6.07) is 13.0. The summed E-state index contributed by atoms with van der Waals surface area (Å²) in [5.41, 5.74) is 4.47. The highest BCUT2D eigenvalue weighted by atomic mass is 35.5. The van der Waals surface area contributed by atoms with Crippen LogP contribution in [0.25, 0.3) is 0 Å². The number of sulfonamides is 1. The minimum atomic E-state index is -3.43. The van der Waals surface area contributed by atoms with Gasteiger partial charge in [0.1, 0.15) is 0 Å². The van der Waals surface area contributed by atoms with E-state index in [1.54, 1.807) is 24.3 Å². The number of nitrogens with one attached hydrogen (secondary N) is 1. The third-order valence-electron chi connectivity index (χ3n) is 4.47. The first-order valence-electron chi connectivity index (χ1n) is 8.29. The Bertz CT molecular complexity index is 833. The van der Waals surface area contributed by atoms with Gasteiger partial charge in [-0.05, 0) is 67.0 Å². The predicted molar refractivity (Wildman–Crippen MR) is 98.7 cm³/mol. The summed E-state index contributed by atoms with van der Waals surface area (Å²) in [7, 11) is -3.43. The molecule has 3 rings (SSSR count). The molecule has 0 saturated heterocycles. The molecular formula is C19H22ClNO2S. The van der Waals surface area contributed by atoms with E-state index in [-0.39, 0.29) is 11.8 Å². The van der Waals surface area contributed by atoms with Crippen molar-refractivity contribution in [1.29, 1.82) is 0 Å². The van der Waals surface area contributed by atoms with E-state index in [4.69, 9.17) is 11.6 Å². The minimum Gasteiger partial charge on any atom is -0.212 e. The van der Waals surface area contributed by atoms with Gasteiger partial charge in [-0.3, -0.25) is 0 Å². The summed E-state index contributed by atoms with van der Waals surface area (Å²) in [6.45, 7) is 1.89. The maximum Gasteiger partial charge on any atom is 0.216 e. The molecule has 2 aromatic carbocycles. The summed E-state index contributed by atoms with van der Waals surface area (Å²) in [6.07, 6.45) is 4.68. The fourth-order valence-corrected chi connectivity index (χ4v) is 4.84. The number of aryl methyl sites for hydroxylation is 2. The van der Waals surface area contributed by atoms with Gasteiger partial charge in [-0.2, -0.15) is 0 Å². The number of rotatable bonds is 5. The van der Waals surface area contributed by atoms with Gasteiger partial charge in [0.25, 0.3) is 0 Å². The lowest BCUT2D eigenvalue weighted by Crippen LogP contribution is -2.28. The molecule has 0 aliphatic heterocycles. The van der Waals surface area contributed by atoms with E-state index in [0.717, 1.165) is 18.4 Å². The predicted octanol–water partition coefficient (Wildman–Crippen LogP) is 4.40. The Morgan fingerprint density at radius 1 is 1.08 bits per heavy atom. The van der Waals surface area contributed by atoms with Crippen molar-refractivity contribution in [2.24, 2.45) is 0 Å². The molecule has 0 amide bonds. The van der Waals surface area contributed by atoms with Crippen LogP contribution in [0.3, 0.4) is 0 Å². The van der Waals surface area contributed by atoms with Crippen molar-refractivity contribution in [2.45, 2.75) is 44.4 Å². The van der Waals surface area contributed by atoms with E-state index in [1.807, 2.05) is 13.0 Å². The highest BCUT2D eigenvalue weighted by Crippen LogP contribution is 2.25. The molecule has 1 N–H and O–H groups in total. The average molecular weight is 364 g/mol. The van der Waals surface area contributed by atoms with Crippen LogP contribution in [0.1, 0.15) is 48.1 Å². The van der Waals surface area contributed by atoms with Gasteiger partial charge in [0.05, 0.1) is 5.75 Å². The molecule has 1 aliphatic rings. The quantitative estimate of drug-likeness (QED) is 0.855. The van der Waals surface area contributed by atoms with Crippen LogP contribution >= 0.6 is 11.6 Å². The summed E-state index contributed by atoms with van der Waals surface area (Å²) in [4.78, 5) is 0. The SMILES string of the molecule is CC(NS(=O)(=O)Cc1cccc(Cl)c1)c1ccc2c(c1)CCCC2. The van der Waals surface area contributed by atoms with Crippen LogP contribution in [0.5, 0.6) is 0 Å². The number of benzene rings is 2. The topological polar surface area (TPSA) is 46.2 Å². The van der Waals surface area contributed by atoms with Crippen molar-refractivity contribution < 1.29 is 8.42 Å². The van der Waals surface area contributed by atoms with Crippen LogP contribution in [0.4, 0.5) is 0 Å². The molecule has 0 bridgehead atoms. The van der Waals surface area contributed by atoms with Crippen molar-refractivity contribution in [3.05, 3.63) is 69.7 Å². The van der Waals surface area contributed by atoms with Gasteiger partial charge in [-0.25, -0.2) is 13.1 Å². The molecule has 2 aromatic rings. The Kier molecular flexibility index (Phi) is 5.28. The molecule has 3 nitrogen and oxygen atoms in total. The van der Waals surface area contributed by atoms with Gasteiger partial charge in [0, 0.05) is 11.1 Å². The highest BCUT2D eigenvalue weighted by Gasteiger charge is 2.18. The van der Waals surface area contributed by atoms with Gasteiger partial charge in [0.2, 0.25) is 10.0 Å². The Morgan fingerprint density at radius 2 is 1.83 bits per heavy atom. The summed E-state index contributed by atoms with van der Waals surface area (Å²) < 4.78 is 27.6. The van der Waals surface area contributed by atoms with Crippen molar-refractivity contribution in [1.82, 2.24) is 4.72 Å². The van der Waals surface area contributed by atoms with Crippen molar-refractivity contribution in [3.8, 4) is 0 Å². The fourth-order valence-electron chi connectivity index (χ4n) is 3.25. The molecule has 0 heterocycles. The number of hydrogen-bond acceptors (Lipinski definition) is 2. The summed E-state index contributed by atoms with van der Waals surface area (Å²) in [5.74, 6) is -0.0666.